The molecule has 1 aliphatic rings. The Morgan fingerprint density at radius 2 is 2.40 bits per heavy atom. The van der Waals surface area contributed by atoms with E-state index in [2.05, 4.69) is 20.4 Å². The molecule has 7 nitrogen and oxygen atoms in total. The number of aliphatic carboxylic acids is 1. The molecule has 2 N–H and O–H groups in total. The number of nitrogens with one attached hydrogen (secondary N) is 1. The second-order valence-electron chi connectivity index (χ2n) is 4.39. The number of nitrogens with zero attached hydrogens (tertiary/aromatic N) is 4. The zero-order chi connectivity index (χ0) is 14.1. The van der Waals surface area contributed by atoms with Crippen molar-refractivity contribution >= 4 is 11.9 Å². The molecule has 1 aliphatic heterocycles. The van der Waals surface area contributed by atoms with Crippen LogP contribution in [0.15, 0.2) is 36.3 Å². The van der Waals surface area contributed by atoms with Crippen molar-refractivity contribution in [1.82, 2.24) is 19.7 Å². The van der Waals surface area contributed by atoms with Crippen molar-refractivity contribution in [1.29, 1.82) is 0 Å². The van der Waals surface area contributed by atoms with Crippen molar-refractivity contribution in [2.75, 3.05) is 5.32 Å². The van der Waals surface area contributed by atoms with Crippen molar-refractivity contribution in [2.24, 2.45) is 0 Å². The molecule has 0 bridgehead atoms. The molecular weight excluding hydrogens is 258 g/mol. The number of pyridine rings is 1. The summed E-state index contributed by atoms with van der Waals surface area (Å²) in [7, 11) is 0. The summed E-state index contributed by atoms with van der Waals surface area (Å²) in [6.45, 7) is 1.95. The van der Waals surface area contributed by atoms with Crippen LogP contribution in [0.3, 0.4) is 0 Å². The van der Waals surface area contributed by atoms with Crippen molar-refractivity contribution in [3.8, 4) is 0 Å². The highest BCUT2D eigenvalue weighted by molar-refractivity contribution is 5.90. The largest absolute Gasteiger partial charge is 0.477 e. The normalized spacial score (nSPS) is 17.1. The van der Waals surface area contributed by atoms with E-state index >= 15 is 0 Å². The third-order valence-corrected chi connectivity index (χ3v) is 3.08. The van der Waals surface area contributed by atoms with Crippen LogP contribution in [0.2, 0.25) is 0 Å². The van der Waals surface area contributed by atoms with E-state index in [1.807, 2.05) is 19.1 Å². The molecule has 20 heavy (non-hydrogen) atoms. The van der Waals surface area contributed by atoms with Gasteiger partial charge in [-0.05, 0) is 17.7 Å². The summed E-state index contributed by atoms with van der Waals surface area (Å²) < 4.78 is 1.68. The van der Waals surface area contributed by atoms with Gasteiger partial charge in [0.15, 0.2) is 5.82 Å². The Morgan fingerprint density at radius 1 is 1.55 bits per heavy atom. The van der Waals surface area contributed by atoms with Crippen LogP contribution in [-0.4, -0.2) is 30.8 Å². The van der Waals surface area contributed by atoms with E-state index in [1.165, 1.54) is 0 Å². The number of allylic oxidation sites excluding steroid dienone is 1. The summed E-state index contributed by atoms with van der Waals surface area (Å²) in [4.78, 5) is 19.6. The van der Waals surface area contributed by atoms with Crippen LogP contribution in [0.4, 0.5) is 5.95 Å². The van der Waals surface area contributed by atoms with E-state index in [0.717, 1.165) is 5.56 Å². The van der Waals surface area contributed by atoms with Gasteiger partial charge in [0, 0.05) is 18.8 Å². The van der Waals surface area contributed by atoms with Crippen molar-refractivity contribution in [3.05, 3.63) is 47.7 Å². The third kappa shape index (κ3) is 2.03. The van der Waals surface area contributed by atoms with Crippen LogP contribution in [0.25, 0.3) is 0 Å². The molecule has 0 aliphatic carbocycles. The van der Waals surface area contributed by atoms with Gasteiger partial charge in [-0.2, -0.15) is 10.1 Å². The third-order valence-electron chi connectivity index (χ3n) is 3.08. The Labute approximate surface area is 115 Å². The molecule has 0 spiro atoms. The quantitative estimate of drug-likeness (QED) is 0.871. The number of hydrogen-bond acceptors (Lipinski definition) is 5. The molecule has 2 aromatic rings. The average molecular weight is 271 g/mol. The van der Waals surface area contributed by atoms with Gasteiger partial charge in [0.2, 0.25) is 5.95 Å². The number of carboxylic acids is 1. The number of fused-ring (bicyclic) bond motifs is 1. The fourth-order valence-electron chi connectivity index (χ4n) is 2.10. The van der Waals surface area contributed by atoms with Gasteiger partial charge in [0.1, 0.15) is 11.7 Å². The minimum Gasteiger partial charge on any atom is -0.477 e. The minimum atomic E-state index is -1.02. The Balaban J connectivity index is 2.11. The Morgan fingerprint density at radius 3 is 3.05 bits per heavy atom. The van der Waals surface area contributed by atoms with Gasteiger partial charge in [-0.3, -0.25) is 4.98 Å². The Hall–Kier alpha value is -2.70. The lowest BCUT2D eigenvalue weighted by Gasteiger charge is -2.22. The first kappa shape index (κ1) is 12.3. The van der Waals surface area contributed by atoms with E-state index in [4.69, 9.17) is 0 Å². The number of carbonyl (C=O) groups is 1. The predicted molar refractivity (Wildman–Crippen MR) is 71.1 cm³/mol. The summed E-state index contributed by atoms with van der Waals surface area (Å²) in [5, 5.41) is 16.4. The number of aromatic nitrogens is 4. The van der Waals surface area contributed by atoms with Crippen LogP contribution in [0.1, 0.15) is 24.4 Å². The highest BCUT2D eigenvalue weighted by Crippen LogP contribution is 2.28. The van der Waals surface area contributed by atoms with Gasteiger partial charge in [-0.25, -0.2) is 9.48 Å². The van der Waals surface area contributed by atoms with Crippen molar-refractivity contribution < 1.29 is 9.90 Å². The lowest BCUT2D eigenvalue weighted by molar-refractivity contribution is -0.132. The highest BCUT2D eigenvalue weighted by Gasteiger charge is 2.26. The smallest absolute Gasteiger partial charge is 0.352 e. The first-order valence-electron chi connectivity index (χ1n) is 6.26. The predicted octanol–water partition coefficient (Wildman–Crippen LogP) is 1.22. The number of hydrogen-bond donors (Lipinski definition) is 2. The maximum absolute atomic E-state index is 11.2. The van der Waals surface area contributed by atoms with Crippen LogP contribution in [-0.2, 0) is 11.2 Å². The fraction of sp³-hybridized carbons (Fsp3) is 0.231. The molecule has 3 heterocycles. The highest BCUT2D eigenvalue weighted by atomic mass is 16.4. The molecule has 0 aromatic carbocycles. The van der Waals surface area contributed by atoms with E-state index in [9.17, 15) is 9.90 Å². The minimum absolute atomic E-state index is 0.0985. The first-order chi connectivity index (χ1) is 9.69. The topological polar surface area (TPSA) is 92.9 Å². The van der Waals surface area contributed by atoms with Gasteiger partial charge < -0.3 is 10.4 Å². The monoisotopic (exact) mass is 271 g/mol. The van der Waals surface area contributed by atoms with E-state index < -0.39 is 5.97 Å². The fourth-order valence-corrected chi connectivity index (χ4v) is 2.10. The van der Waals surface area contributed by atoms with Gasteiger partial charge in [0.05, 0.1) is 0 Å². The standard InChI is InChI=1S/C13H13N5O2/c1-2-11-16-13-15-9(12(19)20)6-10(18(13)17-11)8-4-3-5-14-7-8/h3-7,10H,2H2,1H3,(H,19,20)(H,15,16,17)/t10-/m0/s1. The molecule has 0 saturated carbocycles. The van der Waals surface area contributed by atoms with Crippen LogP contribution in [0, 0.1) is 0 Å². The van der Waals surface area contributed by atoms with E-state index in [0.29, 0.717) is 18.2 Å². The molecule has 7 heteroatoms. The van der Waals surface area contributed by atoms with E-state index in [-0.39, 0.29) is 11.7 Å². The second-order valence-corrected chi connectivity index (χ2v) is 4.39. The maximum atomic E-state index is 11.2. The van der Waals surface area contributed by atoms with Crippen LogP contribution < -0.4 is 5.32 Å². The van der Waals surface area contributed by atoms with Crippen LogP contribution in [0.5, 0.6) is 0 Å². The molecular formula is C13H13N5O2. The average Bonchev–Trinajstić information content (AvgIpc) is 2.90. The molecule has 0 amide bonds. The molecule has 3 rings (SSSR count). The zero-order valence-electron chi connectivity index (χ0n) is 10.8. The molecule has 0 saturated heterocycles. The summed E-state index contributed by atoms with van der Waals surface area (Å²) in [5.74, 6) is 0.0863. The molecule has 0 radical (unpaired) electrons. The molecule has 102 valence electrons. The Bertz CT molecular complexity index is 677. The maximum Gasteiger partial charge on any atom is 0.352 e. The molecule has 2 aromatic heterocycles. The lowest BCUT2D eigenvalue weighted by Crippen LogP contribution is -2.24. The summed E-state index contributed by atoms with van der Waals surface area (Å²) >= 11 is 0. The van der Waals surface area contributed by atoms with Crippen molar-refractivity contribution in [3.63, 3.8) is 0 Å². The molecule has 0 fully saturated rings. The summed E-state index contributed by atoms with van der Waals surface area (Å²) in [6.07, 6.45) is 5.67. The van der Waals surface area contributed by atoms with Crippen molar-refractivity contribution in [2.45, 2.75) is 19.4 Å². The number of rotatable bonds is 3. The first-order valence-corrected chi connectivity index (χ1v) is 6.26. The zero-order valence-corrected chi connectivity index (χ0v) is 10.8. The second kappa shape index (κ2) is 4.76. The number of aryl methyl sites for hydroxylation is 1. The van der Waals surface area contributed by atoms with Gasteiger partial charge in [-0.15, -0.1) is 0 Å². The van der Waals surface area contributed by atoms with Crippen LogP contribution >= 0.6 is 0 Å². The summed E-state index contributed by atoms with van der Waals surface area (Å²) in [5.41, 5.74) is 0.961. The van der Waals surface area contributed by atoms with Gasteiger partial charge >= 0.3 is 5.97 Å². The Kier molecular flexibility index (Phi) is 2.94. The molecule has 0 unspecified atom stereocenters. The molecule has 1 atom stereocenters. The van der Waals surface area contributed by atoms with Gasteiger partial charge in [0.25, 0.3) is 0 Å². The SMILES string of the molecule is CCc1nc2n(n1)[C@H](c1cccnc1)C=C(C(=O)O)N2. The number of anilines is 1. The van der Waals surface area contributed by atoms with Gasteiger partial charge in [-0.1, -0.05) is 13.0 Å². The number of carboxylic acid groups (broad SMARTS) is 1. The lowest BCUT2D eigenvalue weighted by atomic mass is 10.1. The van der Waals surface area contributed by atoms with E-state index in [1.54, 1.807) is 23.2 Å². The summed E-state index contributed by atoms with van der Waals surface area (Å²) in [6, 6.07) is 3.37.